The van der Waals surface area contributed by atoms with Crippen molar-refractivity contribution < 1.29 is 49.0 Å². The molecule has 0 fully saturated rings. The van der Waals surface area contributed by atoms with Crippen molar-refractivity contribution >= 4 is 22.1 Å². The summed E-state index contributed by atoms with van der Waals surface area (Å²) >= 11 is 1.76. The Morgan fingerprint density at radius 3 is 2.36 bits per heavy atom. The summed E-state index contributed by atoms with van der Waals surface area (Å²) in [6, 6.07) is 18.9. The molecule has 0 aliphatic rings. The molecule has 1 atom stereocenters. The second-order valence-electron chi connectivity index (χ2n) is 5.69. The first-order chi connectivity index (χ1) is 10.7. The summed E-state index contributed by atoms with van der Waals surface area (Å²) in [5.74, 6) is 0.968. The van der Waals surface area contributed by atoms with Crippen molar-refractivity contribution in [3.8, 4) is 5.75 Å². The molecule has 0 N–H and O–H groups in total. The van der Waals surface area contributed by atoms with Crippen molar-refractivity contribution in [2.75, 3.05) is 20.6 Å². The number of hydrogen-bond donors (Lipinski definition) is 0. The molecular formula is C19H21Cl2NOSZn. The molecule has 25 heavy (non-hydrogen) atoms. The van der Waals surface area contributed by atoms with E-state index < -0.39 is 0 Å². The van der Waals surface area contributed by atoms with Gasteiger partial charge in [-0.25, -0.2) is 0 Å². The van der Waals surface area contributed by atoms with Gasteiger partial charge in [-0.1, -0.05) is 42.5 Å². The maximum Gasteiger partial charge on any atom is 2.00 e. The fourth-order valence-electron chi connectivity index (χ4n) is 2.56. The zero-order valence-electron chi connectivity index (χ0n) is 14.5. The van der Waals surface area contributed by atoms with E-state index in [2.05, 4.69) is 79.0 Å². The Morgan fingerprint density at radius 2 is 1.68 bits per heavy atom. The van der Waals surface area contributed by atoms with Gasteiger partial charge in [-0.05, 0) is 37.0 Å². The van der Waals surface area contributed by atoms with Gasteiger partial charge in [-0.2, -0.15) is 0 Å². The summed E-state index contributed by atoms with van der Waals surface area (Å²) in [7, 11) is 4.20. The van der Waals surface area contributed by atoms with E-state index in [9.17, 15) is 0 Å². The molecule has 2 nitrogen and oxygen atoms in total. The van der Waals surface area contributed by atoms with Crippen LogP contribution in [-0.4, -0.2) is 25.5 Å². The first kappa shape index (κ1) is 24.4. The van der Waals surface area contributed by atoms with Crippen molar-refractivity contribution in [1.29, 1.82) is 0 Å². The fourth-order valence-corrected chi connectivity index (χ4v) is 3.35. The number of halogens is 2. The molecule has 0 radical (unpaired) electrons. The minimum absolute atomic E-state index is 0. The van der Waals surface area contributed by atoms with Crippen molar-refractivity contribution in [3.05, 3.63) is 64.9 Å². The Morgan fingerprint density at radius 1 is 0.960 bits per heavy atom. The Hall–Kier alpha value is -0.637. The first-order valence-corrected chi connectivity index (χ1v) is 8.44. The summed E-state index contributed by atoms with van der Waals surface area (Å²) < 4.78 is 6.41. The van der Waals surface area contributed by atoms with E-state index in [1.165, 1.54) is 15.6 Å². The van der Waals surface area contributed by atoms with Gasteiger partial charge in [0.1, 0.15) is 11.9 Å². The van der Waals surface area contributed by atoms with Crippen LogP contribution in [0.2, 0.25) is 0 Å². The Kier molecular flexibility index (Phi) is 11.6. The molecule has 130 valence electrons. The minimum atomic E-state index is 0. The van der Waals surface area contributed by atoms with Crippen LogP contribution in [0, 0.1) is 0 Å². The van der Waals surface area contributed by atoms with Gasteiger partial charge in [-0.3, -0.25) is 0 Å². The van der Waals surface area contributed by atoms with E-state index >= 15 is 0 Å². The van der Waals surface area contributed by atoms with Gasteiger partial charge in [0.2, 0.25) is 0 Å². The SMILES string of the molecule is CN(C)CC[C@H](Oc1cccc2ccccc12)c1cccs1.[Cl-].[Cl-].[Zn+2]. The number of thiophene rings is 1. The molecule has 0 saturated heterocycles. The van der Waals surface area contributed by atoms with Gasteiger partial charge in [-0.15, -0.1) is 11.3 Å². The molecule has 0 aliphatic heterocycles. The van der Waals surface area contributed by atoms with E-state index in [1.807, 2.05) is 0 Å². The van der Waals surface area contributed by atoms with Gasteiger partial charge in [0.15, 0.2) is 0 Å². The van der Waals surface area contributed by atoms with Gasteiger partial charge in [0.25, 0.3) is 0 Å². The monoisotopic (exact) mass is 445 g/mol. The number of nitrogens with zero attached hydrogens (tertiary/aromatic N) is 1. The summed E-state index contributed by atoms with van der Waals surface area (Å²) in [6.45, 7) is 1.01. The van der Waals surface area contributed by atoms with Crippen LogP contribution in [0.15, 0.2) is 60.0 Å². The summed E-state index contributed by atoms with van der Waals surface area (Å²) in [5.41, 5.74) is 0. The Balaban J connectivity index is 0.00000192. The molecule has 0 aliphatic carbocycles. The third-order valence-corrected chi connectivity index (χ3v) is 4.68. The van der Waals surface area contributed by atoms with Crippen molar-refractivity contribution in [2.24, 2.45) is 0 Å². The van der Waals surface area contributed by atoms with E-state index in [-0.39, 0.29) is 50.4 Å². The standard InChI is InChI=1S/C19H21NOS.2ClH.Zn/c1-20(2)13-12-18(19-11-6-14-22-19)21-17-10-5-8-15-7-3-4-9-16(15)17;;;/h3-11,14,18H,12-13H2,1-2H3;2*1H;/q;;;+2/p-2/t18-;;;/m0.../s1. The van der Waals surface area contributed by atoms with Crippen LogP contribution in [0.4, 0.5) is 0 Å². The summed E-state index contributed by atoms with van der Waals surface area (Å²) in [6.07, 6.45) is 1.09. The molecule has 1 aromatic heterocycles. The molecule has 0 saturated carbocycles. The van der Waals surface area contributed by atoms with Gasteiger partial charge >= 0.3 is 19.5 Å². The van der Waals surface area contributed by atoms with Gasteiger partial charge in [0, 0.05) is 23.2 Å². The molecule has 3 rings (SSSR count). The smallest absolute Gasteiger partial charge is 1.00 e. The number of hydrogen-bond acceptors (Lipinski definition) is 3. The van der Waals surface area contributed by atoms with Crippen LogP contribution in [0.25, 0.3) is 10.8 Å². The van der Waals surface area contributed by atoms with Crippen molar-refractivity contribution in [2.45, 2.75) is 12.5 Å². The molecular weight excluding hydrogens is 427 g/mol. The third kappa shape index (κ3) is 6.54. The molecule has 0 bridgehead atoms. The molecule has 6 heteroatoms. The predicted molar refractivity (Wildman–Crippen MR) is 94.8 cm³/mol. The van der Waals surface area contributed by atoms with Gasteiger partial charge in [0.05, 0.1) is 0 Å². The fraction of sp³-hybridized carbons (Fsp3) is 0.263. The molecule has 1 heterocycles. The molecule has 0 spiro atoms. The summed E-state index contributed by atoms with van der Waals surface area (Å²) in [4.78, 5) is 3.49. The Labute approximate surface area is 179 Å². The van der Waals surface area contributed by atoms with Crippen LogP contribution in [0.5, 0.6) is 5.75 Å². The molecule has 3 aromatic rings. The average Bonchev–Trinajstić information content (AvgIpc) is 3.05. The second-order valence-corrected chi connectivity index (χ2v) is 6.67. The largest absolute Gasteiger partial charge is 2.00 e. The average molecular weight is 448 g/mol. The number of ether oxygens (including phenoxy) is 1. The number of rotatable bonds is 6. The second kappa shape index (κ2) is 11.9. The van der Waals surface area contributed by atoms with Crippen LogP contribution in [0.1, 0.15) is 17.4 Å². The quantitative estimate of drug-likeness (QED) is 0.449. The van der Waals surface area contributed by atoms with Crippen molar-refractivity contribution in [3.63, 3.8) is 0 Å². The van der Waals surface area contributed by atoms with Crippen molar-refractivity contribution in [1.82, 2.24) is 4.90 Å². The molecule has 2 aromatic carbocycles. The van der Waals surface area contributed by atoms with E-state index in [1.54, 1.807) is 11.3 Å². The van der Waals surface area contributed by atoms with E-state index in [0.717, 1.165) is 18.7 Å². The minimum Gasteiger partial charge on any atom is -1.00 e. The predicted octanol–water partition coefficient (Wildman–Crippen LogP) is -1.02. The Bertz CT molecular complexity index is 732. The zero-order valence-corrected chi connectivity index (χ0v) is 19.8. The number of benzene rings is 2. The molecule has 0 unspecified atom stereocenters. The van der Waals surface area contributed by atoms with Crippen LogP contribution >= 0.6 is 11.3 Å². The third-order valence-electron chi connectivity index (χ3n) is 3.72. The first-order valence-electron chi connectivity index (χ1n) is 7.56. The van der Waals surface area contributed by atoms with Crippen LogP contribution < -0.4 is 29.6 Å². The van der Waals surface area contributed by atoms with E-state index in [0.29, 0.717) is 0 Å². The number of fused-ring (bicyclic) bond motifs is 1. The van der Waals surface area contributed by atoms with Crippen LogP contribution in [0.3, 0.4) is 0 Å². The maximum atomic E-state index is 6.41. The summed E-state index contributed by atoms with van der Waals surface area (Å²) in [5, 5.41) is 4.51. The topological polar surface area (TPSA) is 12.5 Å². The van der Waals surface area contributed by atoms with Crippen LogP contribution in [-0.2, 0) is 19.5 Å². The maximum absolute atomic E-state index is 6.41. The normalized spacial score (nSPS) is 11.2. The van der Waals surface area contributed by atoms with Gasteiger partial charge < -0.3 is 34.5 Å². The zero-order chi connectivity index (χ0) is 15.4. The molecule has 0 amide bonds. The van der Waals surface area contributed by atoms with E-state index in [4.69, 9.17) is 4.74 Å².